The number of halogens is 1. The van der Waals surface area contributed by atoms with E-state index in [9.17, 15) is 9.18 Å². The fourth-order valence-electron chi connectivity index (χ4n) is 4.28. The first kappa shape index (κ1) is 16.3. The fraction of sp³-hybridized carbons (Fsp3) is 0.500. The molecular formula is C20H24FN3O. The van der Waals surface area contributed by atoms with E-state index in [2.05, 4.69) is 9.55 Å². The van der Waals surface area contributed by atoms with Crippen molar-refractivity contribution in [1.82, 2.24) is 14.5 Å². The van der Waals surface area contributed by atoms with Crippen molar-refractivity contribution < 1.29 is 9.18 Å². The quantitative estimate of drug-likeness (QED) is 0.857. The van der Waals surface area contributed by atoms with Gasteiger partial charge in [0.25, 0.3) is 5.91 Å². The number of amides is 1. The summed E-state index contributed by atoms with van der Waals surface area (Å²) in [6, 6.07) is 6.84. The third-order valence-corrected chi connectivity index (χ3v) is 5.51. The molecule has 5 heteroatoms. The molecule has 0 saturated carbocycles. The lowest BCUT2D eigenvalue weighted by molar-refractivity contribution is 0.0729. The number of rotatable bonds is 3. The van der Waals surface area contributed by atoms with Gasteiger partial charge in [-0.05, 0) is 63.1 Å². The minimum absolute atomic E-state index is 0.0534. The maximum atomic E-state index is 13.5. The highest BCUT2D eigenvalue weighted by atomic mass is 19.1. The predicted octanol–water partition coefficient (Wildman–Crippen LogP) is 3.51. The van der Waals surface area contributed by atoms with Crippen molar-refractivity contribution in [3.05, 3.63) is 52.9 Å². The lowest BCUT2D eigenvalue weighted by Gasteiger charge is -2.25. The van der Waals surface area contributed by atoms with Gasteiger partial charge in [0.2, 0.25) is 0 Å². The van der Waals surface area contributed by atoms with E-state index in [4.69, 9.17) is 0 Å². The van der Waals surface area contributed by atoms with Crippen LogP contribution in [0.15, 0.2) is 24.3 Å². The van der Waals surface area contributed by atoms with Gasteiger partial charge in [0.15, 0.2) is 0 Å². The third kappa shape index (κ3) is 3.08. The Bertz CT molecular complexity index is 798. The second-order valence-electron chi connectivity index (χ2n) is 7.19. The monoisotopic (exact) mass is 341 g/mol. The average molecular weight is 341 g/mol. The number of fused-ring (bicyclic) bond motifs is 1. The smallest absolute Gasteiger partial charge is 0.274 e. The first-order valence-corrected chi connectivity index (χ1v) is 9.25. The fourth-order valence-corrected chi connectivity index (χ4v) is 4.28. The van der Waals surface area contributed by atoms with Gasteiger partial charge in [0.1, 0.15) is 17.3 Å². The number of carbonyl (C=O) groups is 1. The summed E-state index contributed by atoms with van der Waals surface area (Å²) < 4.78 is 15.7. The number of likely N-dealkylation sites (tertiary alicyclic amines) is 1. The van der Waals surface area contributed by atoms with Gasteiger partial charge in [-0.2, -0.15) is 0 Å². The van der Waals surface area contributed by atoms with Gasteiger partial charge in [-0.3, -0.25) is 4.79 Å². The van der Waals surface area contributed by atoms with Gasteiger partial charge in [-0.25, -0.2) is 9.37 Å². The first-order chi connectivity index (χ1) is 12.1. The van der Waals surface area contributed by atoms with Crippen LogP contribution in [-0.2, 0) is 19.4 Å². The molecule has 0 radical (unpaired) electrons. The predicted molar refractivity (Wildman–Crippen MR) is 94.1 cm³/mol. The number of nitrogens with zero attached hydrogens (tertiary/aromatic N) is 3. The third-order valence-electron chi connectivity index (χ3n) is 5.51. The van der Waals surface area contributed by atoms with Crippen LogP contribution in [0.3, 0.4) is 0 Å². The first-order valence-electron chi connectivity index (χ1n) is 9.25. The van der Waals surface area contributed by atoms with Crippen molar-refractivity contribution in [3.63, 3.8) is 0 Å². The second-order valence-corrected chi connectivity index (χ2v) is 7.19. The summed E-state index contributed by atoms with van der Waals surface area (Å²) in [5.41, 5.74) is 2.70. The van der Waals surface area contributed by atoms with E-state index in [1.807, 2.05) is 17.9 Å². The highest BCUT2D eigenvalue weighted by Gasteiger charge is 2.33. The molecule has 1 saturated heterocycles. The Morgan fingerprint density at radius 3 is 3.00 bits per heavy atom. The molecule has 1 atom stereocenters. The molecule has 3 heterocycles. The molecule has 2 aliphatic rings. The minimum Gasteiger partial charge on any atom is -0.334 e. The molecule has 0 N–H and O–H groups in total. The Labute approximate surface area is 147 Å². The maximum Gasteiger partial charge on any atom is 0.274 e. The number of aryl methyl sites for hydroxylation is 1. The largest absolute Gasteiger partial charge is 0.334 e. The summed E-state index contributed by atoms with van der Waals surface area (Å²) in [4.78, 5) is 19.7. The average Bonchev–Trinajstić information content (AvgIpc) is 3.20. The van der Waals surface area contributed by atoms with Crippen molar-refractivity contribution in [2.75, 3.05) is 6.54 Å². The lowest BCUT2D eigenvalue weighted by Crippen LogP contribution is -2.37. The van der Waals surface area contributed by atoms with E-state index in [-0.39, 0.29) is 17.8 Å². The molecule has 1 aromatic heterocycles. The van der Waals surface area contributed by atoms with Crippen molar-refractivity contribution >= 4 is 5.91 Å². The van der Waals surface area contributed by atoms with Crippen LogP contribution in [-0.4, -0.2) is 32.9 Å². The van der Waals surface area contributed by atoms with E-state index < -0.39 is 0 Å². The van der Waals surface area contributed by atoms with Gasteiger partial charge >= 0.3 is 0 Å². The normalized spacial score (nSPS) is 19.9. The van der Waals surface area contributed by atoms with Crippen LogP contribution in [0, 0.1) is 12.7 Å². The van der Waals surface area contributed by atoms with Gasteiger partial charge in [-0.1, -0.05) is 12.1 Å². The van der Waals surface area contributed by atoms with Gasteiger partial charge in [0.05, 0.1) is 5.69 Å². The molecule has 0 aliphatic carbocycles. The number of benzene rings is 1. The molecule has 1 amide bonds. The Morgan fingerprint density at radius 1 is 1.28 bits per heavy atom. The molecule has 2 aromatic rings. The molecule has 25 heavy (non-hydrogen) atoms. The van der Waals surface area contributed by atoms with Crippen molar-refractivity contribution in [1.29, 1.82) is 0 Å². The van der Waals surface area contributed by atoms with Crippen LogP contribution in [0.5, 0.6) is 0 Å². The van der Waals surface area contributed by atoms with Crippen molar-refractivity contribution in [3.8, 4) is 0 Å². The van der Waals surface area contributed by atoms with Crippen LogP contribution in [0.4, 0.5) is 4.39 Å². The summed E-state index contributed by atoms with van der Waals surface area (Å²) in [6.45, 7) is 3.72. The second kappa shape index (κ2) is 6.62. The highest BCUT2D eigenvalue weighted by molar-refractivity contribution is 5.94. The SMILES string of the molecule is Cc1nc(C(=O)N2CCCC2Cc2cccc(F)c2)c2n1CCCC2. The van der Waals surface area contributed by atoms with E-state index in [0.717, 1.165) is 62.3 Å². The molecule has 1 aromatic carbocycles. The summed E-state index contributed by atoms with van der Waals surface area (Å²) in [5.74, 6) is 0.781. The van der Waals surface area contributed by atoms with E-state index >= 15 is 0 Å². The summed E-state index contributed by atoms with van der Waals surface area (Å²) in [7, 11) is 0. The van der Waals surface area contributed by atoms with Crippen LogP contribution in [0.25, 0.3) is 0 Å². The number of carbonyl (C=O) groups excluding carboxylic acids is 1. The lowest BCUT2D eigenvalue weighted by atomic mass is 10.0. The Kier molecular flexibility index (Phi) is 4.32. The van der Waals surface area contributed by atoms with Crippen LogP contribution in [0.1, 0.15) is 53.3 Å². The number of hydrogen-bond acceptors (Lipinski definition) is 2. The molecule has 1 fully saturated rings. The Balaban J connectivity index is 1.57. The molecule has 0 bridgehead atoms. The number of hydrogen-bond donors (Lipinski definition) is 0. The summed E-state index contributed by atoms with van der Waals surface area (Å²) in [6.07, 6.45) is 5.89. The zero-order valence-electron chi connectivity index (χ0n) is 14.7. The molecule has 0 spiro atoms. The molecule has 1 unspecified atom stereocenters. The molecule has 132 valence electrons. The molecule has 4 rings (SSSR count). The van der Waals surface area contributed by atoms with E-state index in [1.165, 1.54) is 6.07 Å². The Morgan fingerprint density at radius 2 is 2.16 bits per heavy atom. The van der Waals surface area contributed by atoms with Crippen LogP contribution in [0.2, 0.25) is 0 Å². The van der Waals surface area contributed by atoms with E-state index in [0.29, 0.717) is 12.1 Å². The summed E-state index contributed by atoms with van der Waals surface area (Å²) in [5, 5.41) is 0. The molecule has 2 aliphatic heterocycles. The van der Waals surface area contributed by atoms with E-state index in [1.54, 1.807) is 12.1 Å². The van der Waals surface area contributed by atoms with Gasteiger partial charge < -0.3 is 9.47 Å². The topological polar surface area (TPSA) is 38.1 Å². The molecular weight excluding hydrogens is 317 g/mol. The van der Waals surface area contributed by atoms with Crippen LogP contribution < -0.4 is 0 Å². The zero-order valence-corrected chi connectivity index (χ0v) is 14.7. The maximum absolute atomic E-state index is 13.5. The van der Waals surface area contributed by atoms with Crippen LogP contribution >= 0.6 is 0 Å². The van der Waals surface area contributed by atoms with Gasteiger partial charge in [0, 0.05) is 19.1 Å². The Hall–Kier alpha value is -2.17. The minimum atomic E-state index is -0.216. The van der Waals surface area contributed by atoms with Crippen molar-refractivity contribution in [2.45, 2.75) is 58.0 Å². The number of aromatic nitrogens is 2. The van der Waals surface area contributed by atoms with Gasteiger partial charge in [-0.15, -0.1) is 0 Å². The summed E-state index contributed by atoms with van der Waals surface area (Å²) >= 11 is 0. The molecule has 4 nitrogen and oxygen atoms in total. The highest BCUT2D eigenvalue weighted by Crippen LogP contribution is 2.27. The standard InChI is InChI=1S/C20H24FN3O/c1-14-22-19(18-9-2-3-10-23(14)18)20(25)24-11-5-8-17(24)13-15-6-4-7-16(21)12-15/h4,6-7,12,17H,2-3,5,8-11,13H2,1H3. The zero-order chi connectivity index (χ0) is 17.4. The van der Waals surface area contributed by atoms with Crippen molar-refractivity contribution in [2.24, 2.45) is 0 Å². The number of imidazole rings is 1.